The van der Waals surface area contributed by atoms with Crippen LogP contribution in [0.2, 0.25) is 0 Å². The number of carboxylic acid groups (broad SMARTS) is 1. The number of nitrogens with one attached hydrogen (secondary N) is 2. The Morgan fingerprint density at radius 2 is 1.53 bits per heavy atom. The summed E-state index contributed by atoms with van der Waals surface area (Å²) in [5, 5.41) is 17.2. The largest absolute Gasteiger partial charge is 0.478 e. The van der Waals surface area contributed by atoms with Crippen LogP contribution in [0.5, 0.6) is 0 Å². The van der Waals surface area contributed by atoms with Gasteiger partial charge in [-0.15, -0.1) is 23.1 Å². The van der Waals surface area contributed by atoms with Crippen LogP contribution in [0.3, 0.4) is 0 Å². The van der Waals surface area contributed by atoms with Gasteiger partial charge in [-0.3, -0.25) is 9.59 Å². The number of thiazole rings is 1. The summed E-state index contributed by atoms with van der Waals surface area (Å²) in [6, 6.07) is 22.8. The van der Waals surface area contributed by atoms with E-state index < -0.39 is 11.9 Å². The van der Waals surface area contributed by atoms with Crippen molar-refractivity contribution in [3.63, 3.8) is 0 Å². The Kier molecular flexibility index (Phi) is 7.36. The molecular weight excluding hydrogens is 470 g/mol. The third kappa shape index (κ3) is 5.89. The fourth-order valence-electron chi connectivity index (χ4n) is 3.08. The Morgan fingerprint density at radius 1 is 0.853 bits per heavy atom. The van der Waals surface area contributed by atoms with Crippen molar-refractivity contribution in [2.24, 2.45) is 0 Å². The number of carboxylic acids is 1. The van der Waals surface area contributed by atoms with E-state index in [0.29, 0.717) is 10.8 Å². The number of anilines is 2. The minimum Gasteiger partial charge on any atom is -0.478 e. The van der Waals surface area contributed by atoms with E-state index in [9.17, 15) is 19.5 Å². The molecule has 1 heterocycles. The topological polar surface area (TPSA) is 108 Å². The maximum atomic E-state index is 12.5. The van der Waals surface area contributed by atoms with E-state index in [1.165, 1.54) is 35.2 Å². The number of benzene rings is 3. The van der Waals surface area contributed by atoms with Crippen molar-refractivity contribution in [1.29, 1.82) is 0 Å². The lowest BCUT2D eigenvalue weighted by Gasteiger charge is -2.08. The molecule has 3 N–H and O–H groups in total. The normalized spacial score (nSPS) is 10.5. The number of hydrogen-bond donors (Lipinski definition) is 3. The summed E-state index contributed by atoms with van der Waals surface area (Å²) >= 11 is 2.73. The van der Waals surface area contributed by atoms with Gasteiger partial charge in [-0.05, 0) is 36.4 Å². The molecule has 4 rings (SSSR count). The van der Waals surface area contributed by atoms with Crippen LogP contribution in [0.1, 0.15) is 20.7 Å². The summed E-state index contributed by atoms with van der Waals surface area (Å²) in [4.78, 5) is 41.4. The molecule has 4 aromatic rings. The molecule has 7 nitrogen and oxygen atoms in total. The van der Waals surface area contributed by atoms with Crippen LogP contribution >= 0.6 is 23.1 Å². The van der Waals surface area contributed by atoms with E-state index in [0.717, 1.165) is 16.2 Å². The van der Waals surface area contributed by atoms with Crippen LogP contribution in [-0.2, 0) is 4.79 Å². The van der Waals surface area contributed by atoms with Crippen LogP contribution in [0.25, 0.3) is 11.3 Å². The first-order valence-corrected chi connectivity index (χ1v) is 12.0. The monoisotopic (exact) mass is 489 g/mol. The highest BCUT2D eigenvalue weighted by Crippen LogP contribution is 2.25. The number of hydrogen-bond acceptors (Lipinski definition) is 6. The molecule has 0 bridgehead atoms. The first-order chi connectivity index (χ1) is 16.5. The lowest BCUT2D eigenvalue weighted by Crippen LogP contribution is -2.16. The highest BCUT2D eigenvalue weighted by atomic mass is 32.2. The average molecular weight is 490 g/mol. The number of carbonyl (C=O) groups excluding carboxylic acids is 2. The third-order valence-corrected chi connectivity index (χ3v) is 6.47. The second kappa shape index (κ2) is 10.8. The smallest absolute Gasteiger partial charge is 0.336 e. The molecule has 34 heavy (non-hydrogen) atoms. The summed E-state index contributed by atoms with van der Waals surface area (Å²) in [6.07, 6.45) is 0. The van der Waals surface area contributed by atoms with Crippen molar-refractivity contribution in [3.05, 3.63) is 95.4 Å². The van der Waals surface area contributed by atoms with Crippen molar-refractivity contribution in [2.45, 2.75) is 4.90 Å². The predicted molar refractivity (Wildman–Crippen MR) is 135 cm³/mol. The van der Waals surface area contributed by atoms with Gasteiger partial charge in [-0.1, -0.05) is 42.5 Å². The van der Waals surface area contributed by atoms with Crippen molar-refractivity contribution < 1.29 is 19.5 Å². The minimum absolute atomic E-state index is 0.0608. The van der Waals surface area contributed by atoms with Crippen LogP contribution < -0.4 is 10.6 Å². The molecule has 0 saturated carbocycles. The second-order valence-corrected chi connectivity index (χ2v) is 8.98. The molecule has 0 spiro atoms. The number of nitrogens with zero attached hydrogens (tertiary/aromatic N) is 1. The van der Waals surface area contributed by atoms with Crippen LogP contribution in [0.15, 0.2) is 89.1 Å². The highest BCUT2D eigenvalue weighted by Gasteiger charge is 2.16. The van der Waals surface area contributed by atoms with Gasteiger partial charge in [0.05, 0.1) is 22.6 Å². The fourth-order valence-corrected chi connectivity index (χ4v) is 4.51. The van der Waals surface area contributed by atoms with Crippen molar-refractivity contribution in [2.75, 3.05) is 16.4 Å². The molecule has 0 unspecified atom stereocenters. The summed E-state index contributed by atoms with van der Waals surface area (Å²) in [5.74, 6) is -1.62. The SMILES string of the molecule is O=C(CSc1ccc(NC(=O)c2ccccc2C(=O)O)cc1)Nc1nc(-c2ccccc2)cs1. The van der Waals surface area contributed by atoms with Crippen LogP contribution in [0.4, 0.5) is 10.8 Å². The minimum atomic E-state index is -1.16. The highest BCUT2D eigenvalue weighted by molar-refractivity contribution is 8.00. The Morgan fingerprint density at radius 3 is 2.24 bits per heavy atom. The zero-order valence-corrected chi connectivity index (χ0v) is 19.4. The Labute approximate surface area is 203 Å². The van der Waals surface area contributed by atoms with Crippen LogP contribution in [-0.4, -0.2) is 33.6 Å². The van der Waals surface area contributed by atoms with Gasteiger partial charge < -0.3 is 15.7 Å². The van der Waals surface area contributed by atoms with Gasteiger partial charge in [0, 0.05) is 21.5 Å². The molecule has 0 aliphatic heterocycles. The molecule has 0 radical (unpaired) electrons. The van der Waals surface area contributed by atoms with Gasteiger partial charge >= 0.3 is 5.97 Å². The predicted octanol–water partition coefficient (Wildman–Crippen LogP) is 5.49. The molecule has 0 saturated heterocycles. The molecule has 1 aromatic heterocycles. The Hall–Kier alpha value is -3.95. The van der Waals surface area contributed by atoms with Crippen LogP contribution in [0, 0.1) is 0 Å². The maximum absolute atomic E-state index is 12.5. The summed E-state index contributed by atoms with van der Waals surface area (Å²) in [6.45, 7) is 0. The number of carbonyl (C=O) groups is 3. The average Bonchev–Trinajstić information content (AvgIpc) is 3.32. The lowest BCUT2D eigenvalue weighted by atomic mass is 10.1. The quantitative estimate of drug-likeness (QED) is 0.282. The third-order valence-electron chi connectivity index (χ3n) is 4.70. The number of aromatic carboxylic acids is 1. The molecular formula is C25H19N3O4S2. The molecule has 0 aliphatic rings. The first kappa shape index (κ1) is 23.2. The maximum Gasteiger partial charge on any atom is 0.336 e. The number of aromatic nitrogens is 1. The van der Waals surface area contributed by atoms with E-state index in [2.05, 4.69) is 15.6 Å². The van der Waals surface area contributed by atoms with Crippen molar-refractivity contribution in [3.8, 4) is 11.3 Å². The Balaban J connectivity index is 1.29. The van der Waals surface area contributed by atoms with Gasteiger partial charge in [0.25, 0.3) is 5.91 Å². The summed E-state index contributed by atoms with van der Waals surface area (Å²) in [5.41, 5.74) is 2.36. The molecule has 0 fully saturated rings. The molecule has 170 valence electrons. The van der Waals surface area contributed by atoms with Gasteiger partial charge in [-0.25, -0.2) is 9.78 Å². The van der Waals surface area contributed by atoms with E-state index >= 15 is 0 Å². The molecule has 0 atom stereocenters. The molecule has 9 heteroatoms. The van der Waals surface area contributed by atoms with Crippen molar-refractivity contribution >= 4 is 51.7 Å². The summed E-state index contributed by atoms with van der Waals surface area (Å²) in [7, 11) is 0. The fraction of sp³-hybridized carbons (Fsp3) is 0.0400. The number of rotatable bonds is 8. The van der Waals surface area contributed by atoms with Gasteiger partial charge in [0.2, 0.25) is 5.91 Å². The van der Waals surface area contributed by atoms with E-state index in [1.54, 1.807) is 36.4 Å². The molecule has 3 aromatic carbocycles. The lowest BCUT2D eigenvalue weighted by molar-refractivity contribution is -0.113. The number of thioether (sulfide) groups is 1. The Bertz CT molecular complexity index is 1320. The summed E-state index contributed by atoms with van der Waals surface area (Å²) < 4.78 is 0. The van der Waals surface area contributed by atoms with E-state index in [1.807, 2.05) is 35.7 Å². The molecule has 0 aliphatic carbocycles. The van der Waals surface area contributed by atoms with Gasteiger partial charge in [0.15, 0.2) is 5.13 Å². The van der Waals surface area contributed by atoms with E-state index in [4.69, 9.17) is 0 Å². The van der Waals surface area contributed by atoms with Gasteiger partial charge in [-0.2, -0.15) is 0 Å². The first-order valence-electron chi connectivity index (χ1n) is 10.2. The second-order valence-electron chi connectivity index (χ2n) is 7.07. The van der Waals surface area contributed by atoms with Crippen molar-refractivity contribution in [1.82, 2.24) is 4.98 Å². The van der Waals surface area contributed by atoms with Gasteiger partial charge in [0.1, 0.15) is 0 Å². The zero-order valence-electron chi connectivity index (χ0n) is 17.7. The van der Waals surface area contributed by atoms with E-state index in [-0.39, 0.29) is 22.8 Å². The molecule has 2 amide bonds. The standard InChI is InChI=1S/C25H19N3O4S2/c29-22(28-25-27-21(14-34-25)16-6-2-1-3-7-16)15-33-18-12-10-17(11-13-18)26-23(30)19-8-4-5-9-20(19)24(31)32/h1-14H,15H2,(H,26,30)(H,31,32)(H,27,28,29). The number of amides is 2. The zero-order chi connectivity index (χ0) is 23.9.